The van der Waals surface area contributed by atoms with Gasteiger partial charge in [-0.05, 0) is 42.7 Å². The molecule has 1 N–H and O–H groups in total. The lowest BCUT2D eigenvalue weighted by Gasteiger charge is -2.22. The zero-order valence-corrected chi connectivity index (χ0v) is 20.6. The van der Waals surface area contributed by atoms with Gasteiger partial charge >= 0.3 is 6.18 Å². The highest BCUT2D eigenvalue weighted by molar-refractivity contribution is 7.89. The first-order valence-electron chi connectivity index (χ1n) is 11.7. The second-order valence-corrected chi connectivity index (χ2v) is 10.5. The number of benzene rings is 2. The molecule has 0 bridgehead atoms. The number of hydrogen-bond donors (Lipinski definition) is 1. The fourth-order valence-corrected chi connectivity index (χ4v) is 5.85. The molecule has 8 nitrogen and oxygen atoms in total. The van der Waals surface area contributed by atoms with Crippen molar-refractivity contribution in [3.05, 3.63) is 84.2 Å². The summed E-state index contributed by atoms with van der Waals surface area (Å²) in [5.74, 6) is -0.141. The van der Waals surface area contributed by atoms with E-state index >= 15 is 0 Å². The van der Waals surface area contributed by atoms with Crippen LogP contribution in [0.15, 0.2) is 82.4 Å². The van der Waals surface area contributed by atoms with E-state index in [1.54, 1.807) is 48.5 Å². The van der Waals surface area contributed by atoms with Crippen LogP contribution in [0.1, 0.15) is 24.1 Å². The number of pyridine rings is 1. The Morgan fingerprint density at radius 3 is 2.58 bits per heavy atom. The second kappa shape index (κ2) is 10.1. The van der Waals surface area contributed by atoms with Crippen LogP contribution in [0.25, 0.3) is 11.0 Å². The van der Waals surface area contributed by atoms with Gasteiger partial charge in [-0.25, -0.2) is 8.42 Å². The molecule has 38 heavy (non-hydrogen) atoms. The minimum Gasteiger partial charge on any atom is -0.457 e. The van der Waals surface area contributed by atoms with Crippen molar-refractivity contribution in [2.75, 3.05) is 6.54 Å². The lowest BCUT2D eigenvalue weighted by molar-refractivity contribution is -0.141. The quantitative estimate of drug-likeness (QED) is 0.346. The summed E-state index contributed by atoms with van der Waals surface area (Å²) in [5, 5.41) is 3.22. The molecular formula is C26H22F3N3O5S. The molecule has 0 spiro atoms. The third-order valence-corrected chi connectivity index (χ3v) is 7.88. The Balaban J connectivity index is 1.21. The number of nitrogens with zero attached hydrogens (tertiary/aromatic N) is 2. The fourth-order valence-electron chi connectivity index (χ4n) is 4.24. The number of fused-ring (bicyclic) bond motifs is 1. The molecule has 12 heteroatoms. The molecule has 3 heterocycles. The Morgan fingerprint density at radius 2 is 1.84 bits per heavy atom. The van der Waals surface area contributed by atoms with E-state index in [0.29, 0.717) is 35.1 Å². The third-order valence-electron chi connectivity index (χ3n) is 6.12. The SMILES string of the molecule is O=C(NCc1ccc(Oc2ccnc(C(F)(F)F)c2)cc1)[C@@H]1CCCN1S(=O)(=O)c1cc2ccccc2o1. The van der Waals surface area contributed by atoms with Gasteiger partial charge in [-0.1, -0.05) is 30.3 Å². The van der Waals surface area contributed by atoms with Crippen LogP contribution in [0.5, 0.6) is 11.5 Å². The molecule has 0 unspecified atom stereocenters. The number of rotatable bonds is 7. The maximum atomic E-state index is 13.2. The molecule has 1 aliphatic rings. The Morgan fingerprint density at radius 1 is 1.08 bits per heavy atom. The molecule has 0 saturated carbocycles. The van der Waals surface area contributed by atoms with Crippen LogP contribution >= 0.6 is 0 Å². The van der Waals surface area contributed by atoms with Crippen molar-refractivity contribution < 1.29 is 35.5 Å². The van der Waals surface area contributed by atoms with Crippen LogP contribution in [-0.2, 0) is 27.5 Å². The number of carbonyl (C=O) groups excluding carboxylic acids is 1. The predicted molar refractivity (Wildman–Crippen MR) is 131 cm³/mol. The van der Waals surface area contributed by atoms with Gasteiger partial charge in [-0.2, -0.15) is 17.5 Å². The number of amides is 1. The Labute approximate surface area is 216 Å². The number of carbonyl (C=O) groups is 1. The van der Waals surface area contributed by atoms with E-state index in [-0.39, 0.29) is 23.9 Å². The number of alkyl halides is 3. The number of nitrogens with one attached hydrogen (secondary N) is 1. The van der Waals surface area contributed by atoms with Gasteiger partial charge in [0, 0.05) is 36.8 Å². The highest BCUT2D eigenvalue weighted by Gasteiger charge is 2.41. The van der Waals surface area contributed by atoms with E-state index in [0.717, 1.165) is 12.3 Å². The van der Waals surface area contributed by atoms with E-state index < -0.39 is 33.8 Å². The molecule has 2 aromatic heterocycles. The summed E-state index contributed by atoms with van der Waals surface area (Å²) < 4.78 is 77.2. The molecule has 2 aromatic carbocycles. The van der Waals surface area contributed by atoms with Crippen LogP contribution in [0.3, 0.4) is 0 Å². The largest absolute Gasteiger partial charge is 0.457 e. The van der Waals surface area contributed by atoms with E-state index in [1.165, 1.54) is 16.4 Å². The van der Waals surface area contributed by atoms with E-state index in [4.69, 9.17) is 9.15 Å². The molecule has 198 valence electrons. The summed E-state index contributed by atoms with van der Waals surface area (Å²) in [6.07, 6.45) is -2.65. The van der Waals surface area contributed by atoms with Crippen LogP contribution < -0.4 is 10.1 Å². The topological polar surface area (TPSA) is 102 Å². The van der Waals surface area contributed by atoms with Gasteiger partial charge in [0.1, 0.15) is 28.8 Å². The number of halogens is 3. The summed E-state index contributed by atoms with van der Waals surface area (Å²) >= 11 is 0. The van der Waals surface area contributed by atoms with E-state index in [2.05, 4.69) is 10.3 Å². The van der Waals surface area contributed by atoms with Crippen molar-refractivity contribution in [2.45, 2.75) is 36.7 Å². The van der Waals surface area contributed by atoms with Gasteiger partial charge in [0.2, 0.25) is 11.0 Å². The van der Waals surface area contributed by atoms with Crippen molar-refractivity contribution >= 4 is 26.9 Å². The molecule has 1 saturated heterocycles. The highest BCUT2D eigenvalue weighted by Crippen LogP contribution is 2.32. The predicted octanol–water partition coefficient (Wildman–Crippen LogP) is 5.11. The number of aromatic nitrogens is 1. The van der Waals surface area contributed by atoms with Gasteiger partial charge in [-0.15, -0.1) is 0 Å². The van der Waals surface area contributed by atoms with Crippen molar-refractivity contribution in [3.63, 3.8) is 0 Å². The zero-order chi connectivity index (χ0) is 26.9. The number of ether oxygens (including phenoxy) is 1. The second-order valence-electron chi connectivity index (χ2n) is 8.72. The maximum Gasteiger partial charge on any atom is 0.433 e. The van der Waals surface area contributed by atoms with Gasteiger partial charge in [0.25, 0.3) is 10.0 Å². The minimum atomic E-state index is -4.58. The van der Waals surface area contributed by atoms with Crippen molar-refractivity contribution in [1.29, 1.82) is 0 Å². The standard InChI is InChI=1S/C26H22F3N3O5S/c27-26(28,29)23-15-20(11-12-30-23)36-19-9-7-17(8-10-19)16-31-25(33)21-5-3-13-32(21)38(34,35)24-14-18-4-1-2-6-22(18)37-24/h1-2,4,6-12,14-15,21H,3,5,13,16H2,(H,31,33)/t21-/m0/s1. The van der Waals surface area contributed by atoms with Crippen LogP contribution in [0.4, 0.5) is 13.2 Å². The molecular weight excluding hydrogens is 523 g/mol. The number of furan rings is 1. The van der Waals surface area contributed by atoms with Gasteiger partial charge in [-0.3, -0.25) is 9.78 Å². The molecule has 5 rings (SSSR count). The number of sulfonamides is 1. The molecule has 1 amide bonds. The molecule has 1 atom stereocenters. The fraction of sp³-hybridized carbons (Fsp3) is 0.231. The summed E-state index contributed by atoms with van der Waals surface area (Å²) in [5.41, 5.74) is 0.0853. The van der Waals surface area contributed by atoms with Crippen LogP contribution in [-0.4, -0.2) is 36.2 Å². The maximum absolute atomic E-state index is 13.2. The number of para-hydroxylation sites is 1. The summed E-state index contributed by atoms with van der Waals surface area (Å²) in [6, 6.07) is 16.1. The van der Waals surface area contributed by atoms with E-state index in [1.807, 2.05) is 0 Å². The van der Waals surface area contributed by atoms with Gasteiger partial charge in [0.15, 0.2) is 0 Å². The average molecular weight is 546 g/mol. The smallest absolute Gasteiger partial charge is 0.433 e. The van der Waals surface area contributed by atoms with Crippen molar-refractivity contribution in [3.8, 4) is 11.5 Å². The summed E-state index contributed by atoms with van der Waals surface area (Å²) in [6.45, 7) is 0.330. The monoisotopic (exact) mass is 545 g/mol. The molecule has 1 aliphatic heterocycles. The minimum absolute atomic E-state index is 0.0136. The normalized spacial score (nSPS) is 16.6. The lowest BCUT2D eigenvalue weighted by Crippen LogP contribution is -2.45. The Hall–Kier alpha value is -3.90. The molecule has 4 aromatic rings. The van der Waals surface area contributed by atoms with Crippen LogP contribution in [0.2, 0.25) is 0 Å². The Kier molecular flexibility index (Phi) is 6.84. The van der Waals surface area contributed by atoms with E-state index in [9.17, 15) is 26.4 Å². The van der Waals surface area contributed by atoms with Crippen molar-refractivity contribution in [1.82, 2.24) is 14.6 Å². The Bertz CT molecular complexity index is 1540. The first-order chi connectivity index (χ1) is 18.1. The molecule has 1 fully saturated rings. The third kappa shape index (κ3) is 5.36. The highest BCUT2D eigenvalue weighted by atomic mass is 32.2. The average Bonchev–Trinajstić information content (AvgIpc) is 3.56. The lowest BCUT2D eigenvalue weighted by atomic mass is 10.2. The summed E-state index contributed by atoms with van der Waals surface area (Å²) in [7, 11) is -4.01. The van der Waals surface area contributed by atoms with Gasteiger partial charge < -0.3 is 14.5 Å². The first-order valence-corrected chi connectivity index (χ1v) is 13.1. The molecule has 0 aliphatic carbocycles. The summed E-state index contributed by atoms with van der Waals surface area (Å²) in [4.78, 5) is 16.2. The van der Waals surface area contributed by atoms with Crippen molar-refractivity contribution in [2.24, 2.45) is 0 Å². The molecule has 0 radical (unpaired) electrons. The van der Waals surface area contributed by atoms with Gasteiger partial charge in [0.05, 0.1) is 0 Å². The zero-order valence-electron chi connectivity index (χ0n) is 19.8. The first kappa shape index (κ1) is 25.7. The van der Waals surface area contributed by atoms with Crippen LogP contribution in [0, 0.1) is 0 Å². The number of hydrogen-bond acceptors (Lipinski definition) is 6.